The molecule has 0 aliphatic heterocycles. The zero-order valence-electron chi connectivity index (χ0n) is 10.2. The molecule has 2 rings (SSSR count). The summed E-state index contributed by atoms with van der Waals surface area (Å²) in [5.41, 5.74) is 1.21. The molecule has 1 heterocycles. The Morgan fingerprint density at radius 1 is 1.21 bits per heavy atom. The fourth-order valence-electron chi connectivity index (χ4n) is 1.71. The number of phenols is 1. The van der Waals surface area contributed by atoms with Crippen molar-refractivity contribution in [1.29, 1.82) is 0 Å². The minimum atomic E-state index is -1.000. The lowest BCUT2D eigenvalue weighted by Gasteiger charge is -2.08. The van der Waals surface area contributed by atoms with Gasteiger partial charge in [-0.2, -0.15) is 0 Å². The van der Waals surface area contributed by atoms with Gasteiger partial charge in [-0.05, 0) is 36.2 Å². The van der Waals surface area contributed by atoms with Crippen molar-refractivity contribution in [3.05, 3.63) is 53.7 Å². The summed E-state index contributed by atoms with van der Waals surface area (Å²) >= 11 is 0. The van der Waals surface area contributed by atoms with Crippen LogP contribution in [-0.4, -0.2) is 27.7 Å². The van der Waals surface area contributed by atoms with Gasteiger partial charge < -0.3 is 15.5 Å². The Labute approximate surface area is 110 Å². The fraction of sp³-hybridized carbons (Fsp3) is 0.143. The van der Waals surface area contributed by atoms with Crippen molar-refractivity contribution in [1.82, 2.24) is 4.98 Å². The smallest absolute Gasteiger partial charge is 0.339 e. The van der Waals surface area contributed by atoms with Crippen LogP contribution >= 0.6 is 0 Å². The molecular weight excluding hydrogens is 244 g/mol. The molecule has 2 aromatic rings. The highest BCUT2D eigenvalue weighted by Gasteiger charge is 2.09. The molecule has 0 bridgehead atoms. The van der Waals surface area contributed by atoms with Crippen molar-refractivity contribution in [2.75, 3.05) is 11.9 Å². The number of phenolic OH excluding ortho intramolecular Hbond substituents is 1. The number of nitrogens with one attached hydrogen (secondary N) is 1. The topological polar surface area (TPSA) is 82.5 Å². The van der Waals surface area contributed by atoms with Crippen LogP contribution in [-0.2, 0) is 6.42 Å². The van der Waals surface area contributed by atoms with E-state index in [1.54, 1.807) is 24.4 Å². The van der Waals surface area contributed by atoms with Crippen molar-refractivity contribution in [3.63, 3.8) is 0 Å². The quantitative estimate of drug-likeness (QED) is 0.765. The van der Waals surface area contributed by atoms with E-state index in [2.05, 4.69) is 10.3 Å². The van der Waals surface area contributed by atoms with Gasteiger partial charge in [0.15, 0.2) is 0 Å². The molecule has 1 aromatic carbocycles. The Balaban J connectivity index is 1.96. The number of aromatic hydroxyl groups is 1. The molecule has 0 atom stereocenters. The largest absolute Gasteiger partial charge is 0.508 e. The van der Waals surface area contributed by atoms with E-state index < -0.39 is 5.97 Å². The summed E-state index contributed by atoms with van der Waals surface area (Å²) in [6, 6.07) is 10.0. The van der Waals surface area contributed by atoms with Crippen molar-refractivity contribution in [3.8, 4) is 5.75 Å². The fourth-order valence-corrected chi connectivity index (χ4v) is 1.71. The highest BCUT2D eigenvalue weighted by Crippen LogP contribution is 2.13. The Bertz CT molecular complexity index is 567. The molecule has 0 saturated carbocycles. The summed E-state index contributed by atoms with van der Waals surface area (Å²) in [4.78, 5) is 15.0. The number of aromatic carboxylic acids is 1. The lowest BCUT2D eigenvalue weighted by Crippen LogP contribution is -2.10. The lowest BCUT2D eigenvalue weighted by molar-refractivity contribution is 0.0697. The second-order valence-electron chi connectivity index (χ2n) is 4.05. The first-order valence-electron chi connectivity index (χ1n) is 5.87. The lowest BCUT2D eigenvalue weighted by atomic mass is 10.1. The zero-order chi connectivity index (χ0) is 13.7. The van der Waals surface area contributed by atoms with Crippen LogP contribution in [0.3, 0.4) is 0 Å². The number of nitrogens with zero attached hydrogens (tertiary/aromatic N) is 1. The van der Waals surface area contributed by atoms with Crippen molar-refractivity contribution >= 4 is 11.8 Å². The third kappa shape index (κ3) is 3.45. The number of pyridine rings is 1. The Morgan fingerprint density at radius 2 is 1.95 bits per heavy atom. The highest BCUT2D eigenvalue weighted by molar-refractivity contribution is 5.92. The summed E-state index contributed by atoms with van der Waals surface area (Å²) in [7, 11) is 0. The third-order valence-corrected chi connectivity index (χ3v) is 2.68. The molecule has 1 aromatic heterocycles. The minimum absolute atomic E-state index is 0.160. The first-order chi connectivity index (χ1) is 9.16. The number of hydrogen-bond acceptors (Lipinski definition) is 4. The van der Waals surface area contributed by atoms with Crippen LogP contribution in [0.25, 0.3) is 0 Å². The van der Waals surface area contributed by atoms with E-state index in [-0.39, 0.29) is 11.3 Å². The number of hydrogen-bond donors (Lipinski definition) is 3. The number of aromatic nitrogens is 1. The number of carbonyl (C=O) groups is 1. The van der Waals surface area contributed by atoms with Gasteiger partial charge in [-0.1, -0.05) is 12.1 Å². The van der Waals surface area contributed by atoms with Gasteiger partial charge >= 0.3 is 5.97 Å². The van der Waals surface area contributed by atoms with E-state index in [1.807, 2.05) is 12.1 Å². The maximum atomic E-state index is 11.0. The standard InChI is InChI=1S/C14H14N2O3/c17-11-5-3-10(4-6-11)7-9-16-13-12(14(18)19)2-1-8-15-13/h1-6,8,17H,7,9H2,(H,15,16)(H,18,19). The molecule has 5 nitrogen and oxygen atoms in total. The van der Waals surface area contributed by atoms with E-state index >= 15 is 0 Å². The normalized spacial score (nSPS) is 10.1. The highest BCUT2D eigenvalue weighted by atomic mass is 16.4. The summed E-state index contributed by atoms with van der Waals surface area (Å²) < 4.78 is 0. The first-order valence-corrected chi connectivity index (χ1v) is 5.87. The molecule has 0 fully saturated rings. The van der Waals surface area contributed by atoms with Gasteiger partial charge in [0.1, 0.15) is 17.1 Å². The number of carboxylic acid groups (broad SMARTS) is 1. The summed E-state index contributed by atoms with van der Waals surface area (Å²) in [6.07, 6.45) is 2.27. The minimum Gasteiger partial charge on any atom is -0.508 e. The maximum Gasteiger partial charge on any atom is 0.339 e. The second kappa shape index (κ2) is 5.86. The molecule has 0 amide bonds. The average molecular weight is 258 g/mol. The average Bonchev–Trinajstić information content (AvgIpc) is 2.41. The molecule has 5 heteroatoms. The number of carboxylic acids is 1. The van der Waals surface area contributed by atoms with Crippen molar-refractivity contribution in [2.45, 2.75) is 6.42 Å². The SMILES string of the molecule is O=C(O)c1cccnc1NCCc1ccc(O)cc1. The van der Waals surface area contributed by atoms with Gasteiger partial charge in [0, 0.05) is 12.7 Å². The molecule has 19 heavy (non-hydrogen) atoms. The van der Waals surface area contributed by atoms with Crippen LogP contribution < -0.4 is 5.32 Å². The summed E-state index contributed by atoms with van der Waals surface area (Å²) in [5.74, 6) is -0.399. The van der Waals surface area contributed by atoms with E-state index in [1.165, 1.54) is 6.07 Å². The van der Waals surface area contributed by atoms with E-state index in [0.29, 0.717) is 12.4 Å². The van der Waals surface area contributed by atoms with E-state index in [0.717, 1.165) is 12.0 Å². The molecule has 0 aliphatic rings. The van der Waals surface area contributed by atoms with Crippen LogP contribution in [0.4, 0.5) is 5.82 Å². The van der Waals surface area contributed by atoms with Crippen LogP contribution in [0.1, 0.15) is 15.9 Å². The molecular formula is C14H14N2O3. The zero-order valence-corrected chi connectivity index (χ0v) is 10.2. The Morgan fingerprint density at radius 3 is 2.63 bits per heavy atom. The number of benzene rings is 1. The molecule has 3 N–H and O–H groups in total. The number of rotatable bonds is 5. The monoisotopic (exact) mass is 258 g/mol. The van der Waals surface area contributed by atoms with E-state index in [9.17, 15) is 4.79 Å². The van der Waals surface area contributed by atoms with Crippen molar-refractivity contribution in [2.24, 2.45) is 0 Å². The summed E-state index contributed by atoms with van der Waals surface area (Å²) in [5, 5.41) is 21.2. The first kappa shape index (κ1) is 12.9. The Kier molecular flexibility index (Phi) is 3.97. The predicted molar refractivity (Wildman–Crippen MR) is 71.5 cm³/mol. The maximum absolute atomic E-state index is 11.0. The molecule has 98 valence electrons. The van der Waals surface area contributed by atoms with Gasteiger partial charge in [0.2, 0.25) is 0 Å². The number of anilines is 1. The van der Waals surface area contributed by atoms with Gasteiger partial charge in [0.05, 0.1) is 0 Å². The van der Waals surface area contributed by atoms with Crippen molar-refractivity contribution < 1.29 is 15.0 Å². The van der Waals surface area contributed by atoms with E-state index in [4.69, 9.17) is 10.2 Å². The molecule has 0 radical (unpaired) electrons. The summed E-state index contributed by atoms with van der Waals surface area (Å²) in [6.45, 7) is 0.571. The second-order valence-corrected chi connectivity index (χ2v) is 4.05. The molecule has 0 spiro atoms. The predicted octanol–water partition coefficient (Wildman–Crippen LogP) is 2.14. The van der Waals surface area contributed by atoms with Gasteiger partial charge in [-0.15, -0.1) is 0 Å². The molecule has 0 saturated heterocycles. The third-order valence-electron chi connectivity index (χ3n) is 2.68. The molecule has 0 unspecified atom stereocenters. The van der Waals surface area contributed by atoms with Crippen LogP contribution in [0.2, 0.25) is 0 Å². The van der Waals surface area contributed by atoms with Crippen LogP contribution in [0, 0.1) is 0 Å². The van der Waals surface area contributed by atoms with Gasteiger partial charge in [0.25, 0.3) is 0 Å². The van der Waals surface area contributed by atoms with Gasteiger partial charge in [-0.25, -0.2) is 9.78 Å². The van der Waals surface area contributed by atoms with Crippen LogP contribution in [0.5, 0.6) is 5.75 Å². The van der Waals surface area contributed by atoms with Gasteiger partial charge in [-0.3, -0.25) is 0 Å². The Hall–Kier alpha value is -2.56. The molecule has 0 aliphatic carbocycles. The van der Waals surface area contributed by atoms with Crippen LogP contribution in [0.15, 0.2) is 42.6 Å².